The van der Waals surface area contributed by atoms with Crippen LogP contribution in [0, 0.1) is 0 Å². The number of aromatic nitrogens is 3. The van der Waals surface area contributed by atoms with E-state index in [1.807, 2.05) is 36.5 Å². The van der Waals surface area contributed by atoms with Gasteiger partial charge in [0.1, 0.15) is 0 Å². The van der Waals surface area contributed by atoms with Crippen LogP contribution in [0.25, 0.3) is 5.82 Å². The number of pyridine rings is 1. The van der Waals surface area contributed by atoms with Crippen molar-refractivity contribution < 1.29 is 9.47 Å². The second-order valence-corrected chi connectivity index (χ2v) is 5.76. The summed E-state index contributed by atoms with van der Waals surface area (Å²) in [5.41, 5.74) is 2.06. The van der Waals surface area contributed by atoms with Gasteiger partial charge in [0.25, 0.3) is 0 Å². The summed E-state index contributed by atoms with van der Waals surface area (Å²) in [6.45, 7) is 1.28. The van der Waals surface area contributed by atoms with E-state index in [-0.39, 0.29) is 0 Å². The molecule has 0 bridgehead atoms. The maximum absolute atomic E-state index is 6.25. The van der Waals surface area contributed by atoms with Gasteiger partial charge in [-0.05, 0) is 29.8 Å². The van der Waals surface area contributed by atoms with Gasteiger partial charge in [0.2, 0.25) is 0 Å². The summed E-state index contributed by atoms with van der Waals surface area (Å²) in [7, 11) is 3.16. The Morgan fingerprint density at radius 1 is 1.12 bits per heavy atom. The number of methoxy groups -OCH3 is 2. The van der Waals surface area contributed by atoms with Crippen LogP contribution in [-0.4, -0.2) is 29.0 Å². The second kappa shape index (κ2) is 8.00. The molecule has 3 aromatic rings. The average Bonchev–Trinajstić information content (AvgIpc) is 3.16. The number of benzene rings is 1. The van der Waals surface area contributed by atoms with E-state index in [4.69, 9.17) is 21.1 Å². The fraction of sp³-hybridized carbons (Fsp3) is 0.222. The van der Waals surface area contributed by atoms with Crippen molar-refractivity contribution >= 4 is 11.6 Å². The fourth-order valence-electron chi connectivity index (χ4n) is 2.58. The molecule has 0 amide bonds. The number of ether oxygens (including phenoxy) is 2. The van der Waals surface area contributed by atoms with Gasteiger partial charge in [-0.1, -0.05) is 17.7 Å². The van der Waals surface area contributed by atoms with E-state index >= 15 is 0 Å². The van der Waals surface area contributed by atoms with Gasteiger partial charge in [-0.3, -0.25) is 0 Å². The highest BCUT2D eigenvalue weighted by Gasteiger charge is 2.11. The number of hydrogen-bond donors (Lipinski definition) is 1. The highest BCUT2D eigenvalue weighted by atomic mass is 35.5. The Balaban J connectivity index is 1.71. The van der Waals surface area contributed by atoms with E-state index in [1.54, 1.807) is 31.3 Å². The normalized spacial score (nSPS) is 10.7. The molecule has 1 aromatic carbocycles. The number of nitrogens with one attached hydrogen (secondary N) is 1. The smallest absolute Gasteiger partial charge is 0.179 e. The van der Waals surface area contributed by atoms with E-state index in [9.17, 15) is 0 Å². The van der Waals surface area contributed by atoms with Crippen LogP contribution in [0.2, 0.25) is 5.02 Å². The quantitative estimate of drug-likeness (QED) is 0.702. The Hall–Kier alpha value is -2.57. The Morgan fingerprint density at radius 3 is 2.72 bits per heavy atom. The molecule has 0 unspecified atom stereocenters. The van der Waals surface area contributed by atoms with Crippen molar-refractivity contribution in [3.05, 3.63) is 65.1 Å². The van der Waals surface area contributed by atoms with Crippen molar-refractivity contribution in [2.75, 3.05) is 14.2 Å². The first-order chi connectivity index (χ1) is 12.2. The largest absolute Gasteiger partial charge is 0.493 e. The molecular weight excluding hydrogens is 340 g/mol. The fourth-order valence-corrected chi connectivity index (χ4v) is 2.89. The summed E-state index contributed by atoms with van der Waals surface area (Å²) in [5, 5.41) is 8.17. The molecule has 3 rings (SSSR count). The van der Waals surface area contributed by atoms with Crippen LogP contribution in [-0.2, 0) is 13.1 Å². The number of nitrogens with zero attached hydrogens (tertiary/aromatic N) is 3. The molecule has 0 radical (unpaired) electrons. The van der Waals surface area contributed by atoms with Gasteiger partial charge in [-0.15, -0.1) is 0 Å². The van der Waals surface area contributed by atoms with Crippen molar-refractivity contribution in [2.24, 2.45) is 0 Å². The molecule has 0 saturated heterocycles. The van der Waals surface area contributed by atoms with Crippen molar-refractivity contribution in [1.29, 1.82) is 0 Å². The molecule has 1 N–H and O–H groups in total. The lowest BCUT2D eigenvalue weighted by Crippen LogP contribution is -2.15. The zero-order chi connectivity index (χ0) is 17.6. The first-order valence-electron chi connectivity index (χ1n) is 7.78. The van der Waals surface area contributed by atoms with Crippen LogP contribution >= 0.6 is 11.6 Å². The summed E-state index contributed by atoms with van der Waals surface area (Å²) in [6, 6.07) is 9.59. The van der Waals surface area contributed by atoms with E-state index in [0.29, 0.717) is 29.6 Å². The molecule has 0 fully saturated rings. The zero-order valence-corrected chi connectivity index (χ0v) is 14.8. The van der Waals surface area contributed by atoms with E-state index in [0.717, 1.165) is 16.9 Å². The highest BCUT2D eigenvalue weighted by molar-refractivity contribution is 6.32. The van der Waals surface area contributed by atoms with Crippen molar-refractivity contribution in [3.63, 3.8) is 0 Å². The summed E-state index contributed by atoms with van der Waals surface area (Å²) < 4.78 is 12.3. The monoisotopic (exact) mass is 358 g/mol. The molecule has 0 aliphatic carbocycles. The van der Waals surface area contributed by atoms with Crippen LogP contribution < -0.4 is 14.8 Å². The minimum absolute atomic E-state index is 0.525. The molecule has 2 aromatic heterocycles. The molecule has 0 aliphatic heterocycles. The Bertz CT molecular complexity index is 837. The standard InChI is InChI=1S/C18H19ClN4O2/c1-24-16-10-13(9-15(19)17(16)25-2)11-20-12-14-5-3-6-21-18(14)23-8-4-7-22-23/h3-10,20H,11-12H2,1-2H3. The number of halogens is 1. The minimum Gasteiger partial charge on any atom is -0.493 e. The van der Waals surface area contributed by atoms with Crippen molar-refractivity contribution in [3.8, 4) is 17.3 Å². The zero-order valence-electron chi connectivity index (χ0n) is 14.1. The van der Waals surface area contributed by atoms with Gasteiger partial charge in [0.05, 0.1) is 19.2 Å². The van der Waals surface area contributed by atoms with Crippen LogP contribution in [0.1, 0.15) is 11.1 Å². The molecule has 130 valence electrons. The average molecular weight is 359 g/mol. The molecule has 6 nitrogen and oxygen atoms in total. The SMILES string of the molecule is COc1cc(CNCc2cccnc2-n2cccn2)cc(Cl)c1OC. The van der Waals surface area contributed by atoms with Gasteiger partial charge in [-0.2, -0.15) is 5.10 Å². The predicted molar refractivity (Wildman–Crippen MR) is 96.5 cm³/mol. The Labute approximate surface area is 151 Å². The van der Waals surface area contributed by atoms with E-state index < -0.39 is 0 Å². The van der Waals surface area contributed by atoms with Gasteiger partial charge >= 0.3 is 0 Å². The maximum atomic E-state index is 6.25. The lowest BCUT2D eigenvalue weighted by molar-refractivity contribution is 0.354. The Kier molecular flexibility index (Phi) is 5.53. The predicted octanol–water partition coefficient (Wildman–Crippen LogP) is 3.23. The van der Waals surface area contributed by atoms with E-state index in [2.05, 4.69) is 15.4 Å². The molecule has 2 heterocycles. The van der Waals surface area contributed by atoms with Gasteiger partial charge in [0.15, 0.2) is 17.3 Å². The van der Waals surface area contributed by atoms with Crippen LogP contribution in [0.5, 0.6) is 11.5 Å². The second-order valence-electron chi connectivity index (χ2n) is 5.35. The molecule has 0 saturated carbocycles. The van der Waals surface area contributed by atoms with Gasteiger partial charge in [0, 0.05) is 37.2 Å². The van der Waals surface area contributed by atoms with E-state index in [1.165, 1.54) is 0 Å². The summed E-state index contributed by atoms with van der Waals surface area (Å²) in [4.78, 5) is 4.41. The summed E-state index contributed by atoms with van der Waals surface area (Å²) in [5.74, 6) is 1.97. The van der Waals surface area contributed by atoms with Crippen molar-refractivity contribution in [1.82, 2.24) is 20.1 Å². The molecule has 7 heteroatoms. The number of hydrogen-bond acceptors (Lipinski definition) is 5. The minimum atomic E-state index is 0.525. The Morgan fingerprint density at radius 2 is 2.00 bits per heavy atom. The molecule has 0 aliphatic rings. The van der Waals surface area contributed by atoms with Gasteiger partial charge < -0.3 is 14.8 Å². The first-order valence-corrected chi connectivity index (χ1v) is 8.15. The topological polar surface area (TPSA) is 61.2 Å². The van der Waals surface area contributed by atoms with Crippen LogP contribution in [0.3, 0.4) is 0 Å². The van der Waals surface area contributed by atoms with Crippen LogP contribution in [0.15, 0.2) is 48.9 Å². The lowest BCUT2D eigenvalue weighted by Gasteiger charge is -2.13. The number of rotatable bonds is 7. The first kappa shape index (κ1) is 17.3. The third-order valence-electron chi connectivity index (χ3n) is 3.73. The molecule has 25 heavy (non-hydrogen) atoms. The highest BCUT2D eigenvalue weighted by Crippen LogP contribution is 2.35. The van der Waals surface area contributed by atoms with Gasteiger partial charge in [-0.25, -0.2) is 9.67 Å². The summed E-state index contributed by atoms with van der Waals surface area (Å²) >= 11 is 6.25. The third-order valence-corrected chi connectivity index (χ3v) is 4.01. The lowest BCUT2D eigenvalue weighted by atomic mass is 10.2. The summed E-state index contributed by atoms with van der Waals surface area (Å²) in [6.07, 6.45) is 5.37. The van der Waals surface area contributed by atoms with Crippen LogP contribution in [0.4, 0.5) is 0 Å². The van der Waals surface area contributed by atoms with Crippen molar-refractivity contribution in [2.45, 2.75) is 13.1 Å². The molecular formula is C18H19ClN4O2. The third kappa shape index (κ3) is 3.92. The molecule has 0 atom stereocenters. The molecule has 0 spiro atoms. The maximum Gasteiger partial charge on any atom is 0.179 e.